The molecule has 0 unspecified atom stereocenters. The van der Waals surface area contributed by atoms with E-state index < -0.39 is 17.2 Å². The summed E-state index contributed by atoms with van der Waals surface area (Å²) in [5.74, 6) is -0.630. The SMILES string of the molecule is CC(C)(C)OC(=O)N1CCN(c2cccc3c2O[C@](C)(c2ccc(Cl)cc2F)O3)[C@@H]2CC[C@H]21. The first-order chi connectivity index (χ1) is 15.6. The molecule has 0 spiro atoms. The van der Waals surface area contributed by atoms with E-state index in [1.807, 2.05) is 43.9 Å². The molecule has 33 heavy (non-hydrogen) atoms. The standard InChI is InChI=1S/C25H28ClFN2O4/c1-24(2,3)33-23(30)29-13-12-28(18-10-11-19(18)29)20-6-5-7-21-22(20)32-25(4,31-21)16-9-8-15(26)14-17(16)27/h5-9,14,18-19H,10-13H2,1-4H3/t18-,19-,25-/m1/s1. The fourth-order valence-electron chi connectivity index (χ4n) is 4.89. The van der Waals surface area contributed by atoms with E-state index in [1.54, 1.807) is 19.1 Å². The number of piperazine rings is 1. The van der Waals surface area contributed by atoms with Gasteiger partial charge < -0.3 is 24.0 Å². The molecule has 6 nitrogen and oxygen atoms in total. The number of amides is 1. The van der Waals surface area contributed by atoms with E-state index in [4.69, 9.17) is 25.8 Å². The highest BCUT2D eigenvalue weighted by Gasteiger charge is 2.48. The molecule has 176 valence electrons. The van der Waals surface area contributed by atoms with Crippen LogP contribution in [0.1, 0.15) is 46.1 Å². The first-order valence-corrected chi connectivity index (χ1v) is 11.7. The number of carbonyl (C=O) groups is 1. The lowest BCUT2D eigenvalue weighted by Crippen LogP contribution is -2.66. The van der Waals surface area contributed by atoms with Gasteiger partial charge in [0.1, 0.15) is 11.4 Å². The molecular weight excluding hydrogens is 447 g/mol. The average Bonchev–Trinajstić information content (AvgIpc) is 3.03. The highest BCUT2D eigenvalue weighted by molar-refractivity contribution is 6.30. The first-order valence-electron chi connectivity index (χ1n) is 11.3. The molecule has 0 bridgehead atoms. The normalized spacial score (nSPS) is 26.0. The summed E-state index contributed by atoms with van der Waals surface area (Å²) >= 11 is 5.93. The maximum Gasteiger partial charge on any atom is 0.410 e. The number of hydrogen-bond donors (Lipinski definition) is 0. The Morgan fingerprint density at radius 1 is 1.15 bits per heavy atom. The third-order valence-electron chi connectivity index (χ3n) is 6.50. The smallest absolute Gasteiger partial charge is 0.410 e. The Hall–Kier alpha value is -2.67. The van der Waals surface area contributed by atoms with Crippen molar-refractivity contribution in [2.45, 2.75) is 64.0 Å². The van der Waals surface area contributed by atoms with E-state index in [1.165, 1.54) is 6.07 Å². The van der Waals surface area contributed by atoms with Crippen molar-refractivity contribution in [2.75, 3.05) is 18.0 Å². The minimum absolute atomic E-state index is 0.0897. The largest absolute Gasteiger partial charge is 0.444 e. The minimum Gasteiger partial charge on any atom is -0.444 e. The second kappa shape index (κ2) is 7.69. The van der Waals surface area contributed by atoms with E-state index in [0.29, 0.717) is 29.6 Å². The van der Waals surface area contributed by atoms with Gasteiger partial charge in [0.25, 0.3) is 5.79 Å². The van der Waals surface area contributed by atoms with Crippen molar-refractivity contribution in [3.63, 3.8) is 0 Å². The van der Waals surface area contributed by atoms with Crippen LogP contribution in [-0.4, -0.2) is 41.8 Å². The maximum absolute atomic E-state index is 14.7. The maximum atomic E-state index is 14.7. The van der Waals surface area contributed by atoms with Gasteiger partial charge in [-0.2, -0.15) is 0 Å². The minimum atomic E-state index is -1.30. The second-order valence-electron chi connectivity index (χ2n) is 9.96. The number of rotatable bonds is 2. The molecule has 2 aromatic rings. The molecule has 2 fully saturated rings. The van der Waals surface area contributed by atoms with Gasteiger partial charge in [-0.3, -0.25) is 0 Å². The summed E-state index contributed by atoms with van der Waals surface area (Å²) in [4.78, 5) is 16.9. The number of ether oxygens (including phenoxy) is 3. The molecule has 1 aliphatic carbocycles. The number of anilines is 1. The Morgan fingerprint density at radius 2 is 1.91 bits per heavy atom. The number of hydrogen-bond acceptors (Lipinski definition) is 5. The van der Waals surface area contributed by atoms with Gasteiger partial charge in [-0.25, -0.2) is 9.18 Å². The third-order valence-corrected chi connectivity index (χ3v) is 6.74. The van der Waals surface area contributed by atoms with Crippen LogP contribution < -0.4 is 14.4 Å². The highest BCUT2D eigenvalue weighted by Crippen LogP contribution is 2.51. The summed E-state index contributed by atoms with van der Waals surface area (Å²) in [6, 6.07) is 10.5. The van der Waals surface area contributed by atoms with Gasteiger partial charge in [-0.15, -0.1) is 0 Å². The number of para-hydroxylation sites is 1. The molecule has 0 radical (unpaired) electrons. The Morgan fingerprint density at radius 3 is 2.58 bits per heavy atom. The Kier molecular flexibility index (Phi) is 5.16. The quantitative estimate of drug-likeness (QED) is 0.558. The lowest BCUT2D eigenvalue weighted by molar-refractivity contribution is -0.0706. The topological polar surface area (TPSA) is 51.2 Å². The van der Waals surface area contributed by atoms with Crippen molar-refractivity contribution in [2.24, 2.45) is 0 Å². The molecule has 5 rings (SSSR count). The van der Waals surface area contributed by atoms with Crippen LogP contribution in [0, 0.1) is 5.82 Å². The van der Waals surface area contributed by atoms with Gasteiger partial charge in [-0.1, -0.05) is 17.7 Å². The predicted octanol–water partition coefficient (Wildman–Crippen LogP) is 5.71. The van der Waals surface area contributed by atoms with Gasteiger partial charge in [0.15, 0.2) is 11.5 Å². The zero-order chi connectivity index (χ0) is 23.5. The van der Waals surface area contributed by atoms with Gasteiger partial charge in [-0.05, 0) is 63.9 Å². The Bertz CT molecular complexity index is 1100. The zero-order valence-corrected chi connectivity index (χ0v) is 20.0. The molecular formula is C25H28ClFN2O4. The van der Waals surface area contributed by atoms with E-state index in [-0.39, 0.29) is 23.7 Å². The van der Waals surface area contributed by atoms with Gasteiger partial charge >= 0.3 is 6.09 Å². The van der Waals surface area contributed by atoms with Crippen LogP contribution >= 0.6 is 11.6 Å². The molecule has 2 heterocycles. The van der Waals surface area contributed by atoms with E-state index in [9.17, 15) is 9.18 Å². The summed E-state index contributed by atoms with van der Waals surface area (Å²) in [7, 11) is 0. The fourth-order valence-corrected chi connectivity index (χ4v) is 5.05. The van der Waals surface area contributed by atoms with Crippen molar-refractivity contribution >= 4 is 23.4 Å². The molecule has 1 amide bonds. The van der Waals surface area contributed by atoms with Crippen LogP contribution in [0.4, 0.5) is 14.9 Å². The predicted molar refractivity (Wildman–Crippen MR) is 124 cm³/mol. The molecule has 3 atom stereocenters. The van der Waals surface area contributed by atoms with Gasteiger partial charge in [0, 0.05) is 31.1 Å². The lowest BCUT2D eigenvalue weighted by Gasteiger charge is -2.54. The summed E-state index contributed by atoms with van der Waals surface area (Å²) in [6.45, 7) is 8.55. The molecule has 2 aromatic carbocycles. The molecule has 2 aliphatic heterocycles. The Labute approximate surface area is 198 Å². The summed E-state index contributed by atoms with van der Waals surface area (Å²) in [6.07, 6.45) is 1.64. The summed E-state index contributed by atoms with van der Waals surface area (Å²) < 4.78 is 32.7. The number of benzene rings is 2. The summed E-state index contributed by atoms with van der Waals surface area (Å²) in [5, 5.41) is 0.315. The van der Waals surface area contributed by atoms with Crippen LogP contribution in [0.25, 0.3) is 0 Å². The van der Waals surface area contributed by atoms with Crippen molar-refractivity contribution in [3.8, 4) is 11.5 Å². The van der Waals surface area contributed by atoms with Crippen molar-refractivity contribution in [3.05, 3.63) is 52.8 Å². The number of carbonyl (C=O) groups excluding carboxylic acids is 1. The van der Waals surface area contributed by atoms with Crippen molar-refractivity contribution in [1.29, 1.82) is 0 Å². The van der Waals surface area contributed by atoms with E-state index in [0.717, 1.165) is 18.5 Å². The molecule has 8 heteroatoms. The molecule has 1 saturated carbocycles. The Balaban J connectivity index is 1.40. The monoisotopic (exact) mass is 474 g/mol. The van der Waals surface area contributed by atoms with Gasteiger partial charge in [0.05, 0.1) is 17.3 Å². The first kappa shape index (κ1) is 22.1. The van der Waals surface area contributed by atoms with Gasteiger partial charge in [0.2, 0.25) is 0 Å². The van der Waals surface area contributed by atoms with Crippen LogP contribution in [0.15, 0.2) is 36.4 Å². The zero-order valence-electron chi connectivity index (χ0n) is 19.2. The van der Waals surface area contributed by atoms with Crippen LogP contribution in [0.5, 0.6) is 11.5 Å². The number of nitrogens with zero attached hydrogens (tertiary/aromatic N) is 2. The van der Waals surface area contributed by atoms with Crippen LogP contribution in [-0.2, 0) is 10.5 Å². The molecule has 1 saturated heterocycles. The molecule has 3 aliphatic rings. The van der Waals surface area contributed by atoms with E-state index >= 15 is 0 Å². The molecule has 0 aromatic heterocycles. The second-order valence-corrected chi connectivity index (χ2v) is 10.4. The highest BCUT2D eigenvalue weighted by atomic mass is 35.5. The van der Waals surface area contributed by atoms with Crippen molar-refractivity contribution in [1.82, 2.24) is 4.90 Å². The average molecular weight is 475 g/mol. The van der Waals surface area contributed by atoms with Crippen LogP contribution in [0.3, 0.4) is 0 Å². The van der Waals surface area contributed by atoms with Crippen molar-refractivity contribution < 1.29 is 23.4 Å². The number of fused-ring (bicyclic) bond motifs is 2. The fraction of sp³-hybridized carbons (Fsp3) is 0.480. The van der Waals surface area contributed by atoms with Crippen LogP contribution in [0.2, 0.25) is 5.02 Å². The lowest BCUT2D eigenvalue weighted by atomic mass is 9.81. The number of halogens is 2. The summed E-state index contributed by atoms with van der Waals surface area (Å²) in [5.41, 5.74) is 0.648. The molecule has 0 N–H and O–H groups in total. The third kappa shape index (κ3) is 3.86. The van der Waals surface area contributed by atoms with E-state index in [2.05, 4.69) is 4.90 Å².